The average Bonchev–Trinajstić information content (AvgIpc) is 2.47. The van der Waals surface area contributed by atoms with Crippen molar-refractivity contribution in [1.29, 1.82) is 0 Å². The third-order valence-corrected chi connectivity index (χ3v) is 4.07. The van der Waals surface area contributed by atoms with E-state index in [1.807, 2.05) is 18.3 Å². The third kappa shape index (κ3) is 2.64. The van der Waals surface area contributed by atoms with Crippen molar-refractivity contribution in [2.75, 3.05) is 0 Å². The zero-order valence-corrected chi connectivity index (χ0v) is 11.8. The maximum Gasteiger partial charge on any atom is 0.133 e. The Hall–Kier alpha value is -1.96. The first-order valence-corrected chi connectivity index (χ1v) is 7.27. The van der Waals surface area contributed by atoms with Gasteiger partial charge in [-0.3, -0.25) is 9.78 Å². The Morgan fingerprint density at radius 2 is 2.05 bits per heavy atom. The largest absolute Gasteiger partial charge is 0.300 e. The molecule has 1 aliphatic rings. The van der Waals surface area contributed by atoms with Gasteiger partial charge in [0, 0.05) is 24.6 Å². The van der Waals surface area contributed by atoms with Crippen LogP contribution in [0.2, 0.25) is 0 Å². The van der Waals surface area contributed by atoms with Crippen molar-refractivity contribution in [3.63, 3.8) is 0 Å². The first kappa shape index (κ1) is 13.0. The molecule has 102 valence electrons. The Morgan fingerprint density at radius 3 is 2.85 bits per heavy atom. The summed E-state index contributed by atoms with van der Waals surface area (Å²) >= 11 is 0. The zero-order chi connectivity index (χ0) is 13.9. The second-order valence-electron chi connectivity index (χ2n) is 5.64. The number of aryl methyl sites for hydroxylation is 1. The molecule has 0 aliphatic heterocycles. The zero-order valence-electron chi connectivity index (χ0n) is 11.8. The van der Waals surface area contributed by atoms with E-state index >= 15 is 0 Å². The van der Waals surface area contributed by atoms with Crippen LogP contribution in [0.15, 0.2) is 42.6 Å². The number of rotatable bonds is 2. The number of Topliss-reactive ketones (excluding diaryl/α,β-unsaturated/α-hetero) is 1. The summed E-state index contributed by atoms with van der Waals surface area (Å²) in [6, 6.07) is 12.5. The van der Waals surface area contributed by atoms with Crippen LogP contribution < -0.4 is 0 Å². The van der Waals surface area contributed by atoms with Gasteiger partial charge in [0.1, 0.15) is 5.78 Å². The maximum atomic E-state index is 11.7. The molecule has 20 heavy (non-hydrogen) atoms. The van der Waals surface area contributed by atoms with Gasteiger partial charge in [0.15, 0.2) is 0 Å². The normalized spacial score (nSPS) is 19.1. The van der Waals surface area contributed by atoms with Crippen molar-refractivity contribution in [3.05, 3.63) is 53.7 Å². The van der Waals surface area contributed by atoms with E-state index in [4.69, 9.17) is 0 Å². The van der Waals surface area contributed by atoms with Crippen LogP contribution in [0.25, 0.3) is 11.3 Å². The SMILES string of the molecule is Cc1ccnc(-c2ccccc2C2CCCC(=O)C2)c1. The highest BCUT2D eigenvalue weighted by molar-refractivity contribution is 5.80. The summed E-state index contributed by atoms with van der Waals surface area (Å²) in [5.74, 6) is 0.753. The minimum atomic E-state index is 0.356. The molecular weight excluding hydrogens is 246 g/mol. The summed E-state index contributed by atoms with van der Waals surface area (Å²) in [4.78, 5) is 16.2. The van der Waals surface area contributed by atoms with Crippen molar-refractivity contribution in [2.45, 2.75) is 38.5 Å². The Morgan fingerprint density at radius 1 is 1.20 bits per heavy atom. The molecule has 2 heteroatoms. The highest BCUT2D eigenvalue weighted by Crippen LogP contribution is 2.36. The number of hydrogen-bond acceptors (Lipinski definition) is 2. The first-order valence-electron chi connectivity index (χ1n) is 7.27. The van der Waals surface area contributed by atoms with Gasteiger partial charge in [-0.05, 0) is 48.9 Å². The predicted molar refractivity (Wildman–Crippen MR) is 80.6 cm³/mol. The lowest BCUT2D eigenvalue weighted by molar-refractivity contribution is -0.120. The van der Waals surface area contributed by atoms with E-state index in [9.17, 15) is 4.79 Å². The summed E-state index contributed by atoms with van der Waals surface area (Å²) in [7, 11) is 0. The summed E-state index contributed by atoms with van der Waals surface area (Å²) < 4.78 is 0. The molecule has 0 spiro atoms. The highest BCUT2D eigenvalue weighted by Gasteiger charge is 2.23. The molecule has 1 fully saturated rings. The fourth-order valence-electron chi connectivity index (χ4n) is 3.06. The van der Waals surface area contributed by atoms with E-state index < -0.39 is 0 Å². The molecule has 1 aliphatic carbocycles. The van der Waals surface area contributed by atoms with Crippen LogP contribution in [0.4, 0.5) is 0 Å². The van der Waals surface area contributed by atoms with Crippen LogP contribution in [-0.4, -0.2) is 10.8 Å². The number of ketones is 1. The molecule has 1 atom stereocenters. The van der Waals surface area contributed by atoms with Gasteiger partial charge in [-0.25, -0.2) is 0 Å². The maximum absolute atomic E-state index is 11.7. The number of carbonyl (C=O) groups is 1. The second kappa shape index (κ2) is 5.58. The van der Waals surface area contributed by atoms with Crippen molar-refractivity contribution < 1.29 is 4.79 Å². The Balaban J connectivity index is 2.02. The van der Waals surface area contributed by atoms with Gasteiger partial charge in [-0.1, -0.05) is 24.3 Å². The van der Waals surface area contributed by atoms with Gasteiger partial charge < -0.3 is 0 Å². The smallest absolute Gasteiger partial charge is 0.133 e. The lowest BCUT2D eigenvalue weighted by atomic mass is 9.81. The van der Waals surface area contributed by atoms with Crippen LogP contribution >= 0.6 is 0 Å². The molecule has 1 heterocycles. The van der Waals surface area contributed by atoms with Crippen molar-refractivity contribution in [3.8, 4) is 11.3 Å². The van der Waals surface area contributed by atoms with Crippen molar-refractivity contribution >= 4 is 5.78 Å². The van der Waals surface area contributed by atoms with Crippen molar-refractivity contribution in [1.82, 2.24) is 4.98 Å². The molecule has 1 aromatic carbocycles. The van der Waals surface area contributed by atoms with Gasteiger partial charge in [-0.2, -0.15) is 0 Å². The minimum absolute atomic E-state index is 0.356. The lowest BCUT2D eigenvalue weighted by Crippen LogP contribution is -2.14. The number of nitrogens with zero attached hydrogens (tertiary/aromatic N) is 1. The molecule has 1 saturated carbocycles. The van der Waals surface area contributed by atoms with Gasteiger partial charge in [0.05, 0.1) is 5.69 Å². The van der Waals surface area contributed by atoms with Crippen LogP contribution in [0, 0.1) is 6.92 Å². The molecule has 0 N–H and O–H groups in total. The van der Waals surface area contributed by atoms with Crippen LogP contribution in [0.1, 0.15) is 42.7 Å². The number of benzene rings is 1. The van der Waals surface area contributed by atoms with E-state index in [2.05, 4.69) is 36.2 Å². The number of pyridine rings is 1. The highest BCUT2D eigenvalue weighted by atomic mass is 16.1. The van der Waals surface area contributed by atoms with Gasteiger partial charge >= 0.3 is 0 Å². The van der Waals surface area contributed by atoms with Gasteiger partial charge in [0.25, 0.3) is 0 Å². The molecule has 1 unspecified atom stereocenters. The van der Waals surface area contributed by atoms with E-state index in [-0.39, 0.29) is 0 Å². The average molecular weight is 265 g/mol. The van der Waals surface area contributed by atoms with Crippen LogP contribution in [0.3, 0.4) is 0 Å². The minimum Gasteiger partial charge on any atom is -0.300 e. The number of carbonyl (C=O) groups excluding carboxylic acids is 1. The molecule has 0 amide bonds. The monoisotopic (exact) mass is 265 g/mol. The standard InChI is InChI=1S/C18H19NO/c1-13-9-10-19-18(11-13)17-8-3-2-7-16(17)14-5-4-6-15(20)12-14/h2-3,7-11,14H,4-6,12H2,1H3. The summed E-state index contributed by atoms with van der Waals surface area (Å²) in [6.45, 7) is 2.08. The second-order valence-corrected chi connectivity index (χ2v) is 5.64. The molecule has 0 bridgehead atoms. The first-order chi connectivity index (χ1) is 9.74. The predicted octanol–water partition coefficient (Wildman–Crippen LogP) is 4.28. The molecule has 0 radical (unpaired) electrons. The van der Waals surface area contributed by atoms with E-state index in [0.717, 1.165) is 25.0 Å². The molecule has 0 saturated heterocycles. The number of aromatic nitrogens is 1. The molecular formula is C18H19NO. The van der Waals surface area contributed by atoms with E-state index in [1.54, 1.807) is 0 Å². The summed E-state index contributed by atoms with van der Waals surface area (Å²) in [5, 5.41) is 0. The Bertz CT molecular complexity index is 633. The quantitative estimate of drug-likeness (QED) is 0.811. The molecule has 3 rings (SSSR count). The fourth-order valence-corrected chi connectivity index (χ4v) is 3.06. The molecule has 2 aromatic rings. The topological polar surface area (TPSA) is 30.0 Å². The van der Waals surface area contributed by atoms with E-state index in [0.29, 0.717) is 18.1 Å². The Labute approximate surface area is 119 Å². The van der Waals surface area contributed by atoms with E-state index in [1.165, 1.54) is 16.7 Å². The van der Waals surface area contributed by atoms with Crippen LogP contribution in [0.5, 0.6) is 0 Å². The molecule has 1 aromatic heterocycles. The van der Waals surface area contributed by atoms with Crippen molar-refractivity contribution in [2.24, 2.45) is 0 Å². The molecule has 2 nitrogen and oxygen atoms in total. The summed E-state index contributed by atoms with van der Waals surface area (Å²) in [6.07, 6.45) is 5.41. The van der Waals surface area contributed by atoms with Gasteiger partial charge in [0.2, 0.25) is 0 Å². The third-order valence-electron chi connectivity index (χ3n) is 4.07. The summed E-state index contributed by atoms with van der Waals surface area (Å²) in [5.41, 5.74) is 4.68. The van der Waals surface area contributed by atoms with Gasteiger partial charge in [-0.15, -0.1) is 0 Å². The Kier molecular flexibility index (Phi) is 3.64. The van der Waals surface area contributed by atoms with Crippen LogP contribution in [-0.2, 0) is 4.79 Å². The fraction of sp³-hybridized carbons (Fsp3) is 0.333. The lowest BCUT2D eigenvalue weighted by Gasteiger charge is -2.23. The number of hydrogen-bond donors (Lipinski definition) is 0.